The van der Waals surface area contributed by atoms with Crippen molar-refractivity contribution in [3.05, 3.63) is 63.6 Å². The molecule has 0 unspecified atom stereocenters. The van der Waals surface area contributed by atoms with Gasteiger partial charge in [-0.3, -0.25) is 0 Å². The molecule has 4 rings (SSSR count). The number of hydrogen-bond acceptors (Lipinski definition) is 4. The second-order valence-corrected chi connectivity index (χ2v) is 11.9. The van der Waals surface area contributed by atoms with Crippen molar-refractivity contribution in [1.82, 2.24) is 14.5 Å². The lowest BCUT2D eigenvalue weighted by Gasteiger charge is -2.41. The highest BCUT2D eigenvalue weighted by molar-refractivity contribution is 7.90. The summed E-state index contributed by atoms with van der Waals surface area (Å²) in [6.45, 7) is 5.10. The summed E-state index contributed by atoms with van der Waals surface area (Å²) in [5.41, 5.74) is 2.19. The first-order valence-electron chi connectivity index (χ1n) is 11.8. The van der Waals surface area contributed by atoms with Crippen LogP contribution < -0.4 is 4.72 Å². The van der Waals surface area contributed by atoms with Crippen molar-refractivity contribution in [2.75, 3.05) is 26.2 Å². The Balaban J connectivity index is 1.23. The largest absolute Gasteiger partial charge is 0.331 e. The maximum Gasteiger partial charge on any atom is 0.331 e. The molecule has 34 heavy (non-hydrogen) atoms. The van der Waals surface area contributed by atoms with Crippen LogP contribution in [0.15, 0.2) is 47.4 Å². The van der Waals surface area contributed by atoms with Crippen LogP contribution in [-0.2, 0) is 16.4 Å². The Labute approximate surface area is 212 Å². The van der Waals surface area contributed by atoms with Crippen LogP contribution in [0.25, 0.3) is 0 Å². The van der Waals surface area contributed by atoms with Crippen molar-refractivity contribution in [2.45, 2.75) is 50.0 Å². The molecular formula is C25H31Cl2N3O3S. The number of carbonyl (C=O) groups excluding carboxylic acids is 1. The molecule has 2 heterocycles. The molecule has 2 aromatic carbocycles. The normalized spacial score (nSPS) is 18.7. The Kier molecular flexibility index (Phi) is 8.08. The van der Waals surface area contributed by atoms with Gasteiger partial charge in [-0.25, -0.2) is 17.9 Å². The van der Waals surface area contributed by atoms with Crippen LogP contribution in [0.2, 0.25) is 10.0 Å². The number of rotatable bonds is 5. The number of likely N-dealkylation sites (tertiary alicyclic amines) is 2. The molecule has 2 aliphatic heterocycles. The molecule has 9 heteroatoms. The van der Waals surface area contributed by atoms with Crippen LogP contribution in [0.3, 0.4) is 0 Å². The number of urea groups is 1. The summed E-state index contributed by atoms with van der Waals surface area (Å²) in [6.07, 6.45) is 5.00. The van der Waals surface area contributed by atoms with Crippen molar-refractivity contribution < 1.29 is 13.2 Å². The molecule has 0 aliphatic carbocycles. The molecule has 0 aromatic heterocycles. The van der Waals surface area contributed by atoms with Crippen molar-refractivity contribution >= 4 is 39.3 Å². The van der Waals surface area contributed by atoms with Crippen LogP contribution in [0.1, 0.15) is 36.8 Å². The Hall–Kier alpha value is -1.80. The van der Waals surface area contributed by atoms with E-state index in [0.717, 1.165) is 50.8 Å². The summed E-state index contributed by atoms with van der Waals surface area (Å²) in [4.78, 5) is 16.8. The highest BCUT2D eigenvalue weighted by Gasteiger charge is 2.31. The zero-order chi connectivity index (χ0) is 24.3. The number of halogens is 2. The van der Waals surface area contributed by atoms with E-state index < -0.39 is 16.1 Å². The smallest absolute Gasteiger partial charge is 0.324 e. The Morgan fingerprint density at radius 1 is 0.941 bits per heavy atom. The average Bonchev–Trinajstić information content (AvgIpc) is 2.82. The predicted molar refractivity (Wildman–Crippen MR) is 136 cm³/mol. The summed E-state index contributed by atoms with van der Waals surface area (Å²) >= 11 is 12.2. The summed E-state index contributed by atoms with van der Waals surface area (Å²) in [7, 11) is -3.86. The molecule has 2 saturated heterocycles. The highest BCUT2D eigenvalue weighted by atomic mass is 35.5. The molecule has 2 fully saturated rings. The van der Waals surface area contributed by atoms with Gasteiger partial charge in [0.2, 0.25) is 0 Å². The minimum absolute atomic E-state index is 0.102. The fourth-order valence-corrected chi connectivity index (χ4v) is 6.20. The summed E-state index contributed by atoms with van der Waals surface area (Å²) in [6, 6.07) is 12.3. The zero-order valence-electron chi connectivity index (χ0n) is 19.3. The van der Waals surface area contributed by atoms with Crippen LogP contribution >= 0.6 is 23.2 Å². The topological polar surface area (TPSA) is 69.7 Å². The van der Waals surface area contributed by atoms with E-state index in [-0.39, 0.29) is 4.90 Å². The molecule has 2 aromatic rings. The average molecular weight is 525 g/mol. The molecule has 1 N–H and O–H groups in total. The molecule has 0 bridgehead atoms. The zero-order valence-corrected chi connectivity index (χ0v) is 21.7. The van der Waals surface area contributed by atoms with E-state index >= 15 is 0 Å². The number of aryl methyl sites for hydroxylation is 1. The third-order valence-corrected chi connectivity index (χ3v) is 9.05. The molecule has 0 atom stereocenters. The van der Waals surface area contributed by atoms with E-state index in [1.54, 1.807) is 17.0 Å². The number of sulfonamides is 1. The van der Waals surface area contributed by atoms with Gasteiger partial charge >= 0.3 is 6.03 Å². The number of nitrogens with zero attached hydrogens (tertiary/aromatic N) is 2. The fourth-order valence-electron chi connectivity index (χ4n) is 4.91. The lowest BCUT2D eigenvalue weighted by Crippen LogP contribution is -2.51. The SMILES string of the molecule is Cc1ccc(S(=O)(=O)NC(=O)N2CCC(N3CCC(Cc4ccc(Cl)c(Cl)c4)CC3)CC2)cc1. The van der Waals surface area contributed by atoms with Gasteiger partial charge in [-0.05, 0) is 87.9 Å². The van der Waals surface area contributed by atoms with E-state index in [1.807, 2.05) is 19.1 Å². The second kappa shape index (κ2) is 10.9. The molecule has 0 radical (unpaired) electrons. The number of benzene rings is 2. The Bertz CT molecular complexity index is 1110. The first-order chi connectivity index (χ1) is 16.2. The Morgan fingerprint density at radius 2 is 1.59 bits per heavy atom. The molecule has 2 amide bonds. The first-order valence-corrected chi connectivity index (χ1v) is 14.0. The maximum atomic E-state index is 12.6. The second-order valence-electron chi connectivity index (χ2n) is 9.37. The van der Waals surface area contributed by atoms with Crippen LogP contribution in [0, 0.1) is 12.8 Å². The van der Waals surface area contributed by atoms with Gasteiger partial charge in [0, 0.05) is 19.1 Å². The number of nitrogens with one attached hydrogen (secondary N) is 1. The van der Waals surface area contributed by atoms with Gasteiger partial charge in [0.15, 0.2) is 0 Å². The van der Waals surface area contributed by atoms with Crippen LogP contribution in [0.4, 0.5) is 4.79 Å². The third-order valence-electron chi connectivity index (χ3n) is 6.98. The van der Waals surface area contributed by atoms with Crippen molar-refractivity contribution in [1.29, 1.82) is 0 Å². The van der Waals surface area contributed by atoms with Gasteiger partial charge in [0.25, 0.3) is 10.0 Å². The quantitative estimate of drug-likeness (QED) is 0.590. The van der Waals surface area contributed by atoms with Crippen LogP contribution in [0.5, 0.6) is 0 Å². The van der Waals surface area contributed by atoms with E-state index in [9.17, 15) is 13.2 Å². The summed E-state index contributed by atoms with van der Waals surface area (Å²) in [5, 5.41) is 1.20. The minimum atomic E-state index is -3.86. The van der Waals surface area contributed by atoms with E-state index in [4.69, 9.17) is 23.2 Å². The van der Waals surface area contributed by atoms with E-state index in [0.29, 0.717) is 35.1 Å². The van der Waals surface area contributed by atoms with Gasteiger partial charge in [-0.1, -0.05) is 47.0 Å². The molecule has 6 nitrogen and oxygen atoms in total. The summed E-state index contributed by atoms with van der Waals surface area (Å²) in [5.74, 6) is 0.631. The molecule has 0 saturated carbocycles. The first kappa shape index (κ1) is 25.3. The monoisotopic (exact) mass is 523 g/mol. The maximum absolute atomic E-state index is 12.6. The fraction of sp³-hybridized carbons (Fsp3) is 0.480. The van der Waals surface area contributed by atoms with Crippen LogP contribution in [-0.4, -0.2) is 56.5 Å². The standard InChI is InChI=1S/C25H31Cl2N3O3S/c1-18-2-5-22(6-3-18)34(32,33)28-25(31)30-14-10-21(11-15-30)29-12-8-19(9-13-29)16-20-4-7-23(26)24(27)17-20/h2-7,17,19,21H,8-16H2,1H3,(H,28,31). The van der Waals surface area contributed by atoms with E-state index in [2.05, 4.69) is 15.7 Å². The van der Waals surface area contributed by atoms with Crippen molar-refractivity contribution in [3.63, 3.8) is 0 Å². The number of piperidine rings is 2. The van der Waals surface area contributed by atoms with Gasteiger partial charge in [0.1, 0.15) is 0 Å². The van der Waals surface area contributed by atoms with Gasteiger partial charge < -0.3 is 9.80 Å². The molecular weight excluding hydrogens is 493 g/mol. The van der Waals surface area contributed by atoms with Gasteiger partial charge in [-0.2, -0.15) is 0 Å². The number of carbonyl (C=O) groups is 1. The van der Waals surface area contributed by atoms with Gasteiger partial charge in [0.05, 0.1) is 14.9 Å². The number of amides is 2. The third kappa shape index (κ3) is 6.25. The predicted octanol–water partition coefficient (Wildman–Crippen LogP) is 5.12. The molecule has 184 valence electrons. The van der Waals surface area contributed by atoms with Crippen molar-refractivity contribution in [3.8, 4) is 0 Å². The lowest BCUT2D eigenvalue weighted by atomic mass is 9.88. The Morgan fingerprint density at radius 3 is 2.21 bits per heavy atom. The van der Waals surface area contributed by atoms with Gasteiger partial charge in [-0.15, -0.1) is 0 Å². The highest BCUT2D eigenvalue weighted by Crippen LogP contribution is 2.29. The minimum Gasteiger partial charge on any atom is -0.324 e. The van der Waals surface area contributed by atoms with Crippen molar-refractivity contribution in [2.24, 2.45) is 5.92 Å². The number of hydrogen-bond donors (Lipinski definition) is 1. The molecule has 2 aliphatic rings. The lowest BCUT2D eigenvalue weighted by molar-refractivity contribution is 0.0865. The summed E-state index contributed by atoms with van der Waals surface area (Å²) < 4.78 is 27.3. The van der Waals surface area contributed by atoms with E-state index in [1.165, 1.54) is 17.7 Å². The molecule has 0 spiro atoms.